The van der Waals surface area contributed by atoms with Crippen molar-refractivity contribution in [2.75, 3.05) is 40.5 Å². The highest BCUT2D eigenvalue weighted by atomic mass is 32.2. The fraction of sp³-hybridized carbons (Fsp3) is 0.458. The number of amides is 1. The van der Waals surface area contributed by atoms with Crippen molar-refractivity contribution in [3.63, 3.8) is 0 Å². The minimum absolute atomic E-state index is 0.0178. The summed E-state index contributed by atoms with van der Waals surface area (Å²) in [6.07, 6.45) is 3.30. The number of nitrogens with one attached hydrogen (secondary N) is 3. The monoisotopic (exact) mass is 539 g/mol. The van der Waals surface area contributed by atoms with Gasteiger partial charge in [-0.1, -0.05) is 18.2 Å². The zero-order chi connectivity index (χ0) is 26.0. The summed E-state index contributed by atoms with van der Waals surface area (Å²) in [4.78, 5) is 12.7. The molecule has 1 atom stereocenters. The molecule has 0 unspecified atom stereocenters. The third-order valence-corrected chi connectivity index (χ3v) is 9.82. The average Bonchev–Trinajstić information content (AvgIpc) is 2.92. The first-order valence-corrected chi connectivity index (χ1v) is 14.9. The van der Waals surface area contributed by atoms with Crippen molar-refractivity contribution in [2.24, 2.45) is 5.92 Å². The van der Waals surface area contributed by atoms with E-state index in [0.29, 0.717) is 23.8 Å². The van der Waals surface area contributed by atoms with Crippen LogP contribution in [-0.4, -0.2) is 60.6 Å². The van der Waals surface area contributed by atoms with Gasteiger partial charge in [0, 0.05) is 26.3 Å². The van der Waals surface area contributed by atoms with E-state index in [1.54, 1.807) is 42.5 Å². The topological polar surface area (TPSA) is 132 Å². The molecule has 3 rings (SSSR count). The van der Waals surface area contributed by atoms with Gasteiger partial charge < -0.3 is 24.4 Å². The third-order valence-electron chi connectivity index (χ3n) is 6.06. The number of piperidine rings is 1. The first kappa shape index (κ1) is 28.3. The molecule has 0 aromatic heterocycles. The van der Waals surface area contributed by atoms with Gasteiger partial charge in [-0.2, -0.15) is 4.72 Å². The lowest BCUT2D eigenvalue weighted by Gasteiger charge is -2.25. The quantitative estimate of drug-likeness (QED) is 0.331. The van der Waals surface area contributed by atoms with E-state index in [0.717, 1.165) is 46.6 Å². The molecule has 0 radical (unpaired) electrons. The van der Waals surface area contributed by atoms with Gasteiger partial charge in [0.2, 0.25) is 10.0 Å². The maximum atomic E-state index is 13.0. The second kappa shape index (κ2) is 13.3. The number of sulfonamides is 1. The smallest absolute Gasteiger partial charge is 0.349 e. The lowest BCUT2D eigenvalue weighted by atomic mass is 9.95. The van der Waals surface area contributed by atoms with Crippen molar-refractivity contribution in [2.45, 2.75) is 29.9 Å². The standard InChI is InChI=1S/C24H34N3O7PS/c1-32-35(29,33-2)23(27-36(30,31)22-6-4-3-5-7-22)18-26-24(28)20-8-10-21(11-9-20)34-17-14-19-12-15-25-16-13-19/h3-11,19,23,25,27H,12-18H2,1-2H3,(H,26,28)/t23-/m0/s1. The molecule has 0 bridgehead atoms. The molecule has 10 nitrogen and oxygen atoms in total. The van der Waals surface area contributed by atoms with Gasteiger partial charge in [0.15, 0.2) is 0 Å². The molecule has 1 fully saturated rings. The van der Waals surface area contributed by atoms with E-state index in [2.05, 4.69) is 15.4 Å². The van der Waals surface area contributed by atoms with Crippen molar-refractivity contribution >= 4 is 23.5 Å². The number of hydrogen-bond donors (Lipinski definition) is 3. The van der Waals surface area contributed by atoms with E-state index >= 15 is 0 Å². The first-order chi connectivity index (χ1) is 17.3. The fourth-order valence-corrected chi connectivity index (χ4v) is 6.90. The minimum Gasteiger partial charge on any atom is -0.494 e. The maximum absolute atomic E-state index is 13.0. The van der Waals surface area contributed by atoms with Crippen LogP contribution in [0.25, 0.3) is 0 Å². The van der Waals surface area contributed by atoms with E-state index in [9.17, 15) is 17.8 Å². The summed E-state index contributed by atoms with van der Waals surface area (Å²) < 4.78 is 56.8. The van der Waals surface area contributed by atoms with Gasteiger partial charge in [0.05, 0.1) is 11.5 Å². The van der Waals surface area contributed by atoms with Crippen LogP contribution in [0, 0.1) is 5.92 Å². The molecule has 1 heterocycles. The molecule has 0 spiro atoms. The second-order valence-electron chi connectivity index (χ2n) is 8.42. The molecule has 36 heavy (non-hydrogen) atoms. The van der Waals surface area contributed by atoms with Gasteiger partial charge in [0.25, 0.3) is 5.91 Å². The van der Waals surface area contributed by atoms with Crippen molar-refractivity contribution in [1.82, 2.24) is 15.4 Å². The molecule has 2 aromatic carbocycles. The van der Waals surface area contributed by atoms with E-state index in [-0.39, 0.29) is 11.4 Å². The Morgan fingerprint density at radius 3 is 2.31 bits per heavy atom. The first-order valence-electron chi connectivity index (χ1n) is 11.8. The molecule has 2 aromatic rings. The van der Waals surface area contributed by atoms with Gasteiger partial charge in [-0.25, -0.2) is 8.42 Å². The number of rotatable bonds is 13. The van der Waals surface area contributed by atoms with Crippen LogP contribution >= 0.6 is 7.60 Å². The Bertz CT molecular complexity index is 1120. The molecule has 1 aliphatic rings. The van der Waals surface area contributed by atoms with Gasteiger partial charge in [-0.3, -0.25) is 9.36 Å². The SMILES string of the molecule is COP(=O)(OC)[C@@H](CNC(=O)c1ccc(OCCC2CCNCC2)cc1)NS(=O)(=O)c1ccccc1. The molecule has 0 saturated carbocycles. The van der Waals surface area contributed by atoms with Crippen LogP contribution < -0.4 is 20.1 Å². The van der Waals surface area contributed by atoms with Gasteiger partial charge in [0.1, 0.15) is 11.5 Å². The lowest BCUT2D eigenvalue weighted by Crippen LogP contribution is -2.44. The minimum atomic E-state index is -4.05. The highest BCUT2D eigenvalue weighted by Crippen LogP contribution is 2.50. The summed E-state index contributed by atoms with van der Waals surface area (Å²) in [6.45, 7) is 2.39. The number of benzene rings is 2. The van der Waals surface area contributed by atoms with Crippen LogP contribution in [0.4, 0.5) is 0 Å². The van der Waals surface area contributed by atoms with Crippen molar-refractivity contribution < 1.29 is 31.6 Å². The summed E-state index contributed by atoms with van der Waals surface area (Å²) in [5, 5.41) is 5.96. The van der Waals surface area contributed by atoms with Crippen molar-refractivity contribution in [3.8, 4) is 5.75 Å². The third kappa shape index (κ3) is 7.86. The molecule has 0 aliphatic carbocycles. The molecule has 1 amide bonds. The molecular formula is C24H34N3O7PS. The molecule has 198 valence electrons. The van der Waals surface area contributed by atoms with E-state index in [4.69, 9.17) is 13.8 Å². The summed E-state index contributed by atoms with van der Waals surface area (Å²) in [5.41, 5.74) is 0.343. The highest BCUT2D eigenvalue weighted by molar-refractivity contribution is 7.89. The predicted molar refractivity (Wildman–Crippen MR) is 137 cm³/mol. The average molecular weight is 540 g/mol. The predicted octanol–water partition coefficient (Wildman–Crippen LogP) is 2.98. The summed E-state index contributed by atoms with van der Waals surface area (Å²) >= 11 is 0. The Hall–Kier alpha value is -2.27. The molecular weight excluding hydrogens is 505 g/mol. The Kier molecular flexibility index (Phi) is 10.5. The Balaban J connectivity index is 1.59. The zero-order valence-corrected chi connectivity index (χ0v) is 22.2. The van der Waals surface area contributed by atoms with Crippen LogP contribution in [0.1, 0.15) is 29.6 Å². The molecule has 1 aliphatic heterocycles. The van der Waals surface area contributed by atoms with Crippen LogP contribution in [0.3, 0.4) is 0 Å². The molecule has 3 N–H and O–H groups in total. The largest absolute Gasteiger partial charge is 0.494 e. The van der Waals surface area contributed by atoms with Gasteiger partial charge in [-0.05, 0) is 74.7 Å². The number of carbonyl (C=O) groups is 1. The van der Waals surface area contributed by atoms with Crippen LogP contribution in [-0.2, 0) is 23.6 Å². The molecule has 1 saturated heterocycles. The normalized spacial score (nSPS) is 15.8. The van der Waals surface area contributed by atoms with Gasteiger partial charge >= 0.3 is 7.60 Å². The van der Waals surface area contributed by atoms with Crippen molar-refractivity contribution in [1.29, 1.82) is 0 Å². The lowest BCUT2D eigenvalue weighted by molar-refractivity contribution is 0.0952. The van der Waals surface area contributed by atoms with E-state index in [1.165, 1.54) is 12.1 Å². The number of carbonyl (C=O) groups excluding carboxylic acids is 1. The van der Waals surface area contributed by atoms with Gasteiger partial charge in [-0.15, -0.1) is 0 Å². The van der Waals surface area contributed by atoms with Crippen LogP contribution in [0.15, 0.2) is 59.5 Å². The number of hydrogen-bond acceptors (Lipinski definition) is 8. The highest BCUT2D eigenvalue weighted by Gasteiger charge is 2.38. The van der Waals surface area contributed by atoms with E-state index in [1.807, 2.05) is 0 Å². The number of ether oxygens (including phenoxy) is 1. The fourth-order valence-electron chi connectivity index (χ4n) is 3.90. The molecule has 12 heteroatoms. The van der Waals surface area contributed by atoms with E-state index < -0.39 is 29.3 Å². The Labute approximate surface area is 212 Å². The Morgan fingerprint density at radius 2 is 1.69 bits per heavy atom. The van der Waals surface area contributed by atoms with Crippen molar-refractivity contribution in [3.05, 3.63) is 60.2 Å². The summed E-state index contributed by atoms with van der Waals surface area (Å²) in [5.74, 6) is -0.492. The summed E-state index contributed by atoms with van der Waals surface area (Å²) in [7, 11) is -5.66. The Morgan fingerprint density at radius 1 is 1.06 bits per heavy atom. The maximum Gasteiger partial charge on any atom is 0.349 e. The summed E-state index contributed by atoms with van der Waals surface area (Å²) in [6, 6.07) is 14.3. The van der Waals surface area contributed by atoms with Crippen LogP contribution in [0.5, 0.6) is 5.75 Å². The van der Waals surface area contributed by atoms with Crippen LogP contribution in [0.2, 0.25) is 0 Å². The second-order valence-corrected chi connectivity index (χ2v) is 12.6. The zero-order valence-electron chi connectivity index (χ0n) is 20.5.